The van der Waals surface area contributed by atoms with Crippen LogP contribution in [0.25, 0.3) is 11.0 Å². The number of benzene rings is 2. The summed E-state index contributed by atoms with van der Waals surface area (Å²) in [5.41, 5.74) is 3.91. The minimum absolute atomic E-state index is 0.211. The number of halogens is 1. The number of hydrazone groups is 1. The molecule has 1 amide bonds. The number of hydrogen-bond acceptors (Lipinski definition) is 5. The molecule has 3 aromatic rings. The molecule has 0 spiro atoms. The highest BCUT2D eigenvalue weighted by molar-refractivity contribution is 14.1. The van der Waals surface area contributed by atoms with E-state index in [1.807, 2.05) is 37.3 Å². The summed E-state index contributed by atoms with van der Waals surface area (Å²) >= 11 is 2.16. The fourth-order valence-electron chi connectivity index (χ4n) is 2.44. The summed E-state index contributed by atoms with van der Waals surface area (Å²) in [5, 5.41) is 4.87. The molecule has 134 valence electrons. The number of fused-ring (bicyclic) bond motifs is 1. The zero-order valence-electron chi connectivity index (χ0n) is 14.3. The number of rotatable bonds is 6. The first-order valence-electron chi connectivity index (χ1n) is 7.94. The van der Waals surface area contributed by atoms with Crippen molar-refractivity contribution >= 4 is 45.7 Å². The summed E-state index contributed by atoms with van der Waals surface area (Å²) in [4.78, 5) is 12.2. The number of methoxy groups -OCH3 is 1. The van der Waals surface area contributed by atoms with Crippen molar-refractivity contribution in [1.29, 1.82) is 0 Å². The van der Waals surface area contributed by atoms with Gasteiger partial charge in [0.1, 0.15) is 5.58 Å². The van der Waals surface area contributed by atoms with E-state index in [9.17, 15) is 4.79 Å². The van der Waals surface area contributed by atoms with E-state index >= 15 is 0 Å². The van der Waals surface area contributed by atoms with Crippen LogP contribution in [0, 0.1) is 3.57 Å². The predicted molar refractivity (Wildman–Crippen MR) is 108 cm³/mol. The van der Waals surface area contributed by atoms with Crippen LogP contribution in [-0.2, 0) is 0 Å². The van der Waals surface area contributed by atoms with Crippen LogP contribution in [0.4, 0.5) is 0 Å². The Morgan fingerprint density at radius 3 is 2.85 bits per heavy atom. The molecular weight excluding hydrogens is 447 g/mol. The van der Waals surface area contributed by atoms with Gasteiger partial charge >= 0.3 is 5.91 Å². The third kappa shape index (κ3) is 3.98. The third-order valence-corrected chi connectivity index (χ3v) is 4.37. The lowest BCUT2D eigenvalue weighted by Crippen LogP contribution is -2.16. The highest BCUT2D eigenvalue weighted by atomic mass is 127. The number of nitrogens with one attached hydrogen (secondary N) is 1. The van der Waals surface area contributed by atoms with Gasteiger partial charge in [0.15, 0.2) is 17.3 Å². The van der Waals surface area contributed by atoms with E-state index in [-0.39, 0.29) is 5.76 Å². The highest BCUT2D eigenvalue weighted by Gasteiger charge is 2.12. The second-order valence-electron chi connectivity index (χ2n) is 5.31. The van der Waals surface area contributed by atoms with Crippen molar-refractivity contribution in [2.75, 3.05) is 13.7 Å². The molecule has 0 aliphatic rings. The largest absolute Gasteiger partial charge is 0.492 e. The van der Waals surface area contributed by atoms with E-state index in [2.05, 4.69) is 33.1 Å². The number of ether oxygens (including phenoxy) is 2. The first-order valence-corrected chi connectivity index (χ1v) is 9.02. The molecule has 0 radical (unpaired) electrons. The number of carbonyl (C=O) groups is 1. The first kappa shape index (κ1) is 18.2. The van der Waals surface area contributed by atoms with Crippen molar-refractivity contribution in [3.8, 4) is 11.5 Å². The Hall–Kier alpha value is -2.55. The number of carbonyl (C=O) groups excluding carboxylic acids is 1. The van der Waals surface area contributed by atoms with Crippen LogP contribution in [0.15, 0.2) is 52.0 Å². The average Bonchev–Trinajstić information content (AvgIpc) is 3.06. The molecule has 6 nitrogen and oxygen atoms in total. The van der Waals surface area contributed by atoms with Gasteiger partial charge in [0.2, 0.25) is 0 Å². The van der Waals surface area contributed by atoms with E-state index in [4.69, 9.17) is 13.9 Å². The number of hydrogen-bond donors (Lipinski definition) is 1. The van der Waals surface area contributed by atoms with Crippen molar-refractivity contribution < 1.29 is 18.7 Å². The van der Waals surface area contributed by atoms with Crippen molar-refractivity contribution in [2.24, 2.45) is 5.10 Å². The summed E-state index contributed by atoms with van der Waals surface area (Å²) < 4.78 is 17.3. The van der Waals surface area contributed by atoms with Gasteiger partial charge in [0.05, 0.1) is 23.5 Å². The normalized spacial score (nSPS) is 11.0. The third-order valence-electron chi connectivity index (χ3n) is 3.56. The van der Waals surface area contributed by atoms with Gasteiger partial charge in [0, 0.05) is 5.39 Å². The van der Waals surface area contributed by atoms with E-state index in [0.29, 0.717) is 23.7 Å². The van der Waals surface area contributed by atoms with Crippen LogP contribution in [0.5, 0.6) is 11.5 Å². The maximum Gasteiger partial charge on any atom is 0.307 e. The van der Waals surface area contributed by atoms with Crippen molar-refractivity contribution in [1.82, 2.24) is 5.43 Å². The van der Waals surface area contributed by atoms with Crippen LogP contribution in [0.1, 0.15) is 23.0 Å². The van der Waals surface area contributed by atoms with Crippen molar-refractivity contribution in [3.63, 3.8) is 0 Å². The summed E-state index contributed by atoms with van der Waals surface area (Å²) in [6.45, 7) is 2.43. The molecule has 2 aromatic carbocycles. The standard InChI is InChI=1S/C19H17IN2O4/c1-3-25-16-9-12(8-14(20)18(16)24-2)11-21-22-19(23)17-10-13-6-4-5-7-15(13)26-17/h4-11H,3H2,1-2H3,(H,22,23)/b21-11+. The number of nitrogens with zero attached hydrogens (tertiary/aromatic N) is 1. The SMILES string of the molecule is CCOc1cc(/C=N/NC(=O)c2cc3ccccc3o2)cc(I)c1OC. The second kappa shape index (κ2) is 8.22. The van der Waals surface area contributed by atoms with Gasteiger partial charge in [0.25, 0.3) is 0 Å². The fourth-order valence-corrected chi connectivity index (χ4v) is 3.28. The molecule has 0 saturated heterocycles. The maximum absolute atomic E-state index is 12.2. The predicted octanol–water partition coefficient (Wildman–Crippen LogP) is 4.21. The van der Waals surface area contributed by atoms with Gasteiger partial charge in [-0.15, -0.1) is 0 Å². The average molecular weight is 464 g/mol. The zero-order valence-corrected chi connectivity index (χ0v) is 16.4. The molecule has 1 heterocycles. The summed E-state index contributed by atoms with van der Waals surface area (Å²) in [6.07, 6.45) is 1.55. The second-order valence-corrected chi connectivity index (χ2v) is 6.48. The molecule has 1 aromatic heterocycles. The highest BCUT2D eigenvalue weighted by Crippen LogP contribution is 2.33. The topological polar surface area (TPSA) is 73.1 Å². The minimum Gasteiger partial charge on any atom is -0.492 e. The van der Waals surface area contributed by atoms with Gasteiger partial charge in [-0.3, -0.25) is 4.79 Å². The van der Waals surface area contributed by atoms with Gasteiger partial charge in [-0.1, -0.05) is 18.2 Å². The summed E-state index contributed by atoms with van der Waals surface area (Å²) in [7, 11) is 1.60. The van der Waals surface area contributed by atoms with Gasteiger partial charge < -0.3 is 13.9 Å². The van der Waals surface area contributed by atoms with Crippen LogP contribution < -0.4 is 14.9 Å². The molecule has 7 heteroatoms. The van der Waals surface area contributed by atoms with Crippen LogP contribution in [0.3, 0.4) is 0 Å². The molecule has 0 unspecified atom stereocenters. The molecule has 0 atom stereocenters. The molecule has 0 aliphatic heterocycles. The Morgan fingerprint density at radius 1 is 1.31 bits per heavy atom. The van der Waals surface area contributed by atoms with E-state index in [1.165, 1.54) is 0 Å². The number of furan rings is 1. The van der Waals surface area contributed by atoms with Crippen molar-refractivity contribution in [2.45, 2.75) is 6.92 Å². The van der Waals surface area contributed by atoms with Gasteiger partial charge in [-0.2, -0.15) is 5.10 Å². The van der Waals surface area contributed by atoms with E-state index < -0.39 is 5.91 Å². The molecule has 3 rings (SSSR count). The van der Waals surface area contributed by atoms with Crippen LogP contribution >= 0.6 is 22.6 Å². The van der Waals surface area contributed by atoms with Crippen LogP contribution in [-0.4, -0.2) is 25.8 Å². The van der Waals surface area contributed by atoms with Gasteiger partial charge in [-0.05, 0) is 59.3 Å². The van der Waals surface area contributed by atoms with E-state index in [1.54, 1.807) is 25.5 Å². The Labute approximate surface area is 164 Å². The quantitative estimate of drug-likeness (QED) is 0.337. The van der Waals surface area contributed by atoms with Crippen molar-refractivity contribution in [3.05, 3.63) is 57.4 Å². The molecule has 0 fully saturated rings. The maximum atomic E-state index is 12.2. The van der Waals surface area contributed by atoms with Gasteiger partial charge in [-0.25, -0.2) is 5.43 Å². The molecule has 0 aliphatic carbocycles. The Balaban J connectivity index is 1.74. The summed E-state index contributed by atoms with van der Waals surface area (Å²) in [6, 6.07) is 12.8. The minimum atomic E-state index is -0.411. The Kier molecular flexibility index (Phi) is 5.77. The molecular formula is C19H17IN2O4. The molecule has 1 N–H and O–H groups in total. The monoisotopic (exact) mass is 464 g/mol. The molecule has 26 heavy (non-hydrogen) atoms. The Bertz CT molecular complexity index is 932. The summed E-state index contributed by atoms with van der Waals surface area (Å²) in [5.74, 6) is 1.11. The molecule has 0 saturated carbocycles. The van der Waals surface area contributed by atoms with Crippen LogP contribution in [0.2, 0.25) is 0 Å². The lowest BCUT2D eigenvalue weighted by Gasteiger charge is -2.11. The smallest absolute Gasteiger partial charge is 0.307 e. The zero-order chi connectivity index (χ0) is 18.5. The number of amides is 1. The lowest BCUT2D eigenvalue weighted by molar-refractivity contribution is 0.0929. The molecule has 0 bridgehead atoms. The van der Waals surface area contributed by atoms with E-state index in [0.717, 1.165) is 14.5 Å². The number of para-hydroxylation sites is 1. The lowest BCUT2D eigenvalue weighted by atomic mass is 10.2. The fraction of sp³-hybridized carbons (Fsp3) is 0.158. The first-order chi connectivity index (χ1) is 12.6. The Morgan fingerprint density at radius 2 is 2.12 bits per heavy atom.